The molecule has 1 fully saturated rings. The second-order valence-corrected chi connectivity index (χ2v) is 6.64. The summed E-state index contributed by atoms with van der Waals surface area (Å²) >= 11 is 0. The zero-order chi connectivity index (χ0) is 15.4. The summed E-state index contributed by atoms with van der Waals surface area (Å²) in [5.74, 6) is 0. The van der Waals surface area contributed by atoms with Gasteiger partial charge in [-0.3, -0.25) is 4.90 Å². The van der Waals surface area contributed by atoms with Crippen molar-refractivity contribution in [1.82, 2.24) is 10.2 Å². The highest BCUT2D eigenvalue weighted by Crippen LogP contribution is 2.29. The summed E-state index contributed by atoms with van der Waals surface area (Å²) in [5.41, 5.74) is 4.22. The van der Waals surface area contributed by atoms with E-state index in [1.165, 1.54) is 36.0 Å². The Hall–Kier alpha value is -0.860. The van der Waals surface area contributed by atoms with Crippen LogP contribution in [0.3, 0.4) is 0 Å². The maximum absolute atomic E-state index is 3.70. The molecule has 1 aromatic rings. The minimum absolute atomic E-state index is 0.448. The molecule has 1 aliphatic rings. The Balaban J connectivity index is 2.16. The first-order valence-corrected chi connectivity index (χ1v) is 8.63. The smallest absolute Gasteiger partial charge is 0.0449 e. The van der Waals surface area contributed by atoms with Crippen molar-refractivity contribution in [2.45, 2.75) is 72.0 Å². The zero-order valence-electron chi connectivity index (χ0n) is 14.4. The molecule has 0 bridgehead atoms. The van der Waals surface area contributed by atoms with Gasteiger partial charge in [-0.1, -0.05) is 32.0 Å². The van der Waals surface area contributed by atoms with Crippen LogP contribution in [0.5, 0.6) is 0 Å². The van der Waals surface area contributed by atoms with Gasteiger partial charge in [-0.05, 0) is 63.3 Å². The van der Waals surface area contributed by atoms with Crippen LogP contribution in [0.1, 0.15) is 62.8 Å². The van der Waals surface area contributed by atoms with Gasteiger partial charge in [0.1, 0.15) is 0 Å². The van der Waals surface area contributed by atoms with E-state index >= 15 is 0 Å². The Morgan fingerprint density at radius 2 is 1.95 bits per heavy atom. The predicted molar refractivity (Wildman–Crippen MR) is 91.8 cm³/mol. The van der Waals surface area contributed by atoms with E-state index in [9.17, 15) is 0 Å². The first-order chi connectivity index (χ1) is 10.1. The standard InChI is InChI=1S/C19H32N2/c1-6-18-11-9-16(5)21(18)13-19(20-7-2)17-10-8-14(3)15(4)12-17/h8,10,12,16,18-20H,6-7,9,11,13H2,1-5H3. The van der Waals surface area contributed by atoms with Crippen LogP contribution in [0.25, 0.3) is 0 Å². The van der Waals surface area contributed by atoms with Crippen LogP contribution < -0.4 is 5.32 Å². The van der Waals surface area contributed by atoms with Crippen LogP contribution in [-0.2, 0) is 0 Å². The van der Waals surface area contributed by atoms with Crippen LogP contribution in [0.2, 0.25) is 0 Å². The van der Waals surface area contributed by atoms with Gasteiger partial charge in [-0.25, -0.2) is 0 Å². The average Bonchev–Trinajstić information content (AvgIpc) is 2.82. The summed E-state index contributed by atoms with van der Waals surface area (Å²) in [5, 5.41) is 3.70. The molecule has 1 heterocycles. The summed E-state index contributed by atoms with van der Waals surface area (Å²) < 4.78 is 0. The van der Waals surface area contributed by atoms with E-state index in [0.717, 1.165) is 25.2 Å². The summed E-state index contributed by atoms with van der Waals surface area (Å²) in [6, 6.07) is 8.88. The number of nitrogens with zero attached hydrogens (tertiary/aromatic N) is 1. The lowest BCUT2D eigenvalue weighted by molar-refractivity contribution is 0.177. The average molecular weight is 288 g/mol. The van der Waals surface area contributed by atoms with E-state index in [2.05, 4.69) is 63.0 Å². The SMILES string of the molecule is CCNC(CN1C(C)CCC1CC)c1ccc(C)c(C)c1. The number of likely N-dealkylation sites (tertiary alicyclic amines) is 1. The molecule has 3 unspecified atom stereocenters. The van der Waals surface area contributed by atoms with Crippen molar-refractivity contribution in [3.8, 4) is 0 Å². The van der Waals surface area contributed by atoms with Gasteiger partial charge in [0.05, 0.1) is 0 Å². The summed E-state index contributed by atoms with van der Waals surface area (Å²) in [6.07, 6.45) is 3.99. The minimum atomic E-state index is 0.448. The van der Waals surface area contributed by atoms with Gasteiger partial charge in [0.15, 0.2) is 0 Å². The molecule has 0 amide bonds. The quantitative estimate of drug-likeness (QED) is 0.843. The van der Waals surface area contributed by atoms with Crippen molar-refractivity contribution in [2.75, 3.05) is 13.1 Å². The van der Waals surface area contributed by atoms with Crippen LogP contribution in [0.4, 0.5) is 0 Å². The highest BCUT2D eigenvalue weighted by Gasteiger charge is 2.31. The first-order valence-electron chi connectivity index (χ1n) is 8.63. The van der Waals surface area contributed by atoms with E-state index < -0.39 is 0 Å². The number of rotatable bonds is 6. The molecule has 21 heavy (non-hydrogen) atoms. The molecule has 0 spiro atoms. The monoisotopic (exact) mass is 288 g/mol. The van der Waals surface area contributed by atoms with Gasteiger partial charge >= 0.3 is 0 Å². The van der Waals surface area contributed by atoms with Gasteiger partial charge in [-0.15, -0.1) is 0 Å². The summed E-state index contributed by atoms with van der Waals surface area (Å²) in [6.45, 7) is 13.5. The molecule has 0 radical (unpaired) electrons. The number of aryl methyl sites for hydroxylation is 2. The molecule has 0 saturated carbocycles. The maximum atomic E-state index is 3.70. The maximum Gasteiger partial charge on any atom is 0.0449 e. The molecule has 1 N–H and O–H groups in total. The molecule has 2 nitrogen and oxygen atoms in total. The summed E-state index contributed by atoms with van der Waals surface area (Å²) in [4.78, 5) is 2.72. The van der Waals surface area contributed by atoms with Crippen molar-refractivity contribution in [2.24, 2.45) is 0 Å². The molecule has 2 heteroatoms. The number of hydrogen-bond donors (Lipinski definition) is 1. The molecule has 0 aromatic heterocycles. The third-order valence-corrected chi connectivity index (χ3v) is 5.20. The van der Waals surface area contributed by atoms with Crippen molar-refractivity contribution < 1.29 is 0 Å². The zero-order valence-corrected chi connectivity index (χ0v) is 14.4. The Bertz CT molecular complexity index is 455. The Morgan fingerprint density at radius 1 is 1.19 bits per heavy atom. The number of hydrogen-bond acceptors (Lipinski definition) is 2. The van der Waals surface area contributed by atoms with Gasteiger partial charge in [-0.2, -0.15) is 0 Å². The fourth-order valence-corrected chi connectivity index (χ4v) is 3.62. The lowest BCUT2D eigenvalue weighted by atomic mass is 10.00. The lowest BCUT2D eigenvalue weighted by Gasteiger charge is -2.32. The highest BCUT2D eigenvalue weighted by atomic mass is 15.2. The van der Waals surface area contributed by atoms with Gasteiger partial charge in [0.25, 0.3) is 0 Å². The van der Waals surface area contributed by atoms with Crippen molar-refractivity contribution in [3.05, 3.63) is 34.9 Å². The highest BCUT2D eigenvalue weighted by molar-refractivity contribution is 5.32. The number of likely N-dealkylation sites (N-methyl/N-ethyl adjacent to an activating group) is 1. The molecule has 1 saturated heterocycles. The molecule has 3 atom stereocenters. The van der Waals surface area contributed by atoms with Crippen molar-refractivity contribution >= 4 is 0 Å². The molecule has 118 valence electrons. The van der Waals surface area contributed by atoms with E-state index in [4.69, 9.17) is 0 Å². The van der Waals surface area contributed by atoms with Gasteiger partial charge < -0.3 is 5.32 Å². The lowest BCUT2D eigenvalue weighted by Crippen LogP contribution is -2.41. The van der Waals surface area contributed by atoms with Gasteiger partial charge in [0.2, 0.25) is 0 Å². The third-order valence-electron chi connectivity index (χ3n) is 5.20. The van der Waals surface area contributed by atoms with Crippen LogP contribution >= 0.6 is 0 Å². The number of nitrogens with one attached hydrogen (secondary N) is 1. The summed E-state index contributed by atoms with van der Waals surface area (Å²) in [7, 11) is 0. The predicted octanol–water partition coefficient (Wildman–Crippen LogP) is 4.22. The molecule has 2 rings (SSSR count). The van der Waals surface area contributed by atoms with Crippen LogP contribution in [0.15, 0.2) is 18.2 Å². The fraction of sp³-hybridized carbons (Fsp3) is 0.684. The molecule has 1 aromatic carbocycles. The van der Waals surface area contributed by atoms with E-state index in [0.29, 0.717) is 6.04 Å². The topological polar surface area (TPSA) is 15.3 Å². The first kappa shape index (κ1) is 16.5. The minimum Gasteiger partial charge on any atom is -0.309 e. The van der Waals surface area contributed by atoms with Crippen molar-refractivity contribution in [3.63, 3.8) is 0 Å². The Labute approximate surface area is 130 Å². The molecular formula is C19H32N2. The third kappa shape index (κ3) is 3.87. The van der Waals surface area contributed by atoms with Gasteiger partial charge in [0, 0.05) is 24.7 Å². The largest absolute Gasteiger partial charge is 0.309 e. The Morgan fingerprint density at radius 3 is 2.57 bits per heavy atom. The van der Waals surface area contributed by atoms with Crippen LogP contribution in [-0.4, -0.2) is 30.1 Å². The fourth-order valence-electron chi connectivity index (χ4n) is 3.62. The van der Waals surface area contributed by atoms with E-state index in [-0.39, 0.29) is 0 Å². The normalized spacial score (nSPS) is 24.4. The molecule has 1 aliphatic heterocycles. The van der Waals surface area contributed by atoms with E-state index in [1.807, 2.05) is 0 Å². The van der Waals surface area contributed by atoms with Crippen molar-refractivity contribution in [1.29, 1.82) is 0 Å². The second kappa shape index (κ2) is 7.42. The molecular weight excluding hydrogens is 256 g/mol. The molecule has 0 aliphatic carbocycles. The number of benzene rings is 1. The van der Waals surface area contributed by atoms with Crippen LogP contribution in [0, 0.1) is 13.8 Å². The second-order valence-electron chi connectivity index (χ2n) is 6.64. The Kier molecular flexibility index (Phi) is 5.83. The van der Waals surface area contributed by atoms with E-state index in [1.54, 1.807) is 0 Å².